The molecule has 0 aliphatic carbocycles. The van der Waals surface area contributed by atoms with Crippen LogP contribution in [0.5, 0.6) is 5.75 Å². The van der Waals surface area contributed by atoms with E-state index in [1.165, 1.54) is 16.7 Å². The van der Waals surface area contributed by atoms with Gasteiger partial charge in [0.05, 0.1) is 0 Å². The molecule has 1 heteroatoms. The van der Waals surface area contributed by atoms with Crippen LogP contribution in [0.4, 0.5) is 0 Å². The summed E-state index contributed by atoms with van der Waals surface area (Å²) in [6.07, 6.45) is 0.808. The van der Waals surface area contributed by atoms with E-state index in [9.17, 15) is 5.11 Å². The van der Waals surface area contributed by atoms with Gasteiger partial charge in [0, 0.05) is 11.0 Å². The van der Waals surface area contributed by atoms with Crippen LogP contribution >= 0.6 is 0 Å². The Hall–Kier alpha value is -2.54. The number of benzene rings is 3. The summed E-state index contributed by atoms with van der Waals surface area (Å²) in [6.45, 7) is 11.0. The number of hydrogen-bond acceptors (Lipinski definition) is 1. The Balaban J connectivity index is 2.38. The number of rotatable bonds is 4. The average Bonchev–Trinajstić information content (AvgIpc) is 2.68. The van der Waals surface area contributed by atoms with E-state index < -0.39 is 5.41 Å². The van der Waals surface area contributed by atoms with Crippen LogP contribution in [0.1, 0.15) is 62.4 Å². The number of aromatic hydroxyl groups is 1. The van der Waals surface area contributed by atoms with Crippen LogP contribution in [0.3, 0.4) is 0 Å². The standard InChI is InChI=1S/C26H30O/c1-6-19-17-22(25(2,3)4)18-23(24(19)27)26(5,20-13-9-7-10-14-20)21-15-11-8-12-16-21/h7-18,27H,6H2,1-5H3. The van der Waals surface area contributed by atoms with Gasteiger partial charge in [0.2, 0.25) is 0 Å². The van der Waals surface area contributed by atoms with Crippen molar-refractivity contribution >= 4 is 0 Å². The van der Waals surface area contributed by atoms with Crippen molar-refractivity contribution in [1.29, 1.82) is 0 Å². The van der Waals surface area contributed by atoms with Gasteiger partial charge in [0.25, 0.3) is 0 Å². The van der Waals surface area contributed by atoms with Gasteiger partial charge in [-0.2, -0.15) is 0 Å². The maximum absolute atomic E-state index is 11.2. The molecule has 0 fully saturated rings. The second-order valence-corrected chi connectivity index (χ2v) is 8.49. The lowest BCUT2D eigenvalue weighted by molar-refractivity contribution is 0.449. The number of aryl methyl sites for hydroxylation is 1. The van der Waals surface area contributed by atoms with E-state index in [4.69, 9.17) is 0 Å². The summed E-state index contributed by atoms with van der Waals surface area (Å²) in [7, 11) is 0. The first-order chi connectivity index (χ1) is 12.8. The molecule has 0 saturated carbocycles. The fraction of sp³-hybridized carbons (Fsp3) is 0.308. The van der Waals surface area contributed by atoms with Crippen molar-refractivity contribution in [3.63, 3.8) is 0 Å². The predicted octanol–water partition coefficient (Wildman–Crippen LogP) is 6.61. The summed E-state index contributed by atoms with van der Waals surface area (Å²) in [5, 5.41) is 11.2. The molecule has 3 rings (SSSR count). The second-order valence-electron chi connectivity index (χ2n) is 8.49. The third-order valence-corrected chi connectivity index (χ3v) is 5.68. The maximum atomic E-state index is 11.2. The van der Waals surface area contributed by atoms with Gasteiger partial charge in [0.15, 0.2) is 0 Å². The second kappa shape index (κ2) is 7.23. The minimum absolute atomic E-state index is 0.0145. The van der Waals surface area contributed by atoms with Gasteiger partial charge in [-0.3, -0.25) is 0 Å². The van der Waals surface area contributed by atoms with Crippen molar-refractivity contribution in [2.24, 2.45) is 0 Å². The van der Waals surface area contributed by atoms with Gasteiger partial charge in [-0.25, -0.2) is 0 Å². The Morgan fingerprint density at radius 1 is 0.704 bits per heavy atom. The van der Waals surface area contributed by atoms with Crippen molar-refractivity contribution in [3.05, 3.63) is 101 Å². The zero-order valence-corrected chi connectivity index (χ0v) is 17.1. The zero-order chi connectivity index (χ0) is 19.7. The maximum Gasteiger partial charge on any atom is 0.123 e. The Morgan fingerprint density at radius 3 is 1.59 bits per heavy atom. The van der Waals surface area contributed by atoms with Gasteiger partial charge in [-0.15, -0.1) is 0 Å². The lowest BCUT2D eigenvalue weighted by Gasteiger charge is -2.34. The summed E-state index contributed by atoms with van der Waals surface area (Å²) in [4.78, 5) is 0. The van der Waals surface area contributed by atoms with Crippen LogP contribution in [0.25, 0.3) is 0 Å². The van der Waals surface area contributed by atoms with Gasteiger partial charge in [-0.1, -0.05) is 100 Å². The molecule has 0 aliphatic heterocycles. The fourth-order valence-electron chi connectivity index (χ4n) is 3.80. The monoisotopic (exact) mass is 358 g/mol. The van der Waals surface area contributed by atoms with E-state index >= 15 is 0 Å². The van der Waals surface area contributed by atoms with Crippen molar-refractivity contribution in [1.82, 2.24) is 0 Å². The molecule has 0 unspecified atom stereocenters. The summed E-state index contributed by atoms with van der Waals surface area (Å²) in [6, 6.07) is 25.3. The molecule has 3 aromatic rings. The summed E-state index contributed by atoms with van der Waals surface area (Å²) in [5.41, 5.74) is 5.18. The molecule has 1 nitrogen and oxygen atoms in total. The molecule has 0 aromatic heterocycles. The van der Waals surface area contributed by atoms with Gasteiger partial charge >= 0.3 is 0 Å². The minimum Gasteiger partial charge on any atom is -0.507 e. The van der Waals surface area contributed by atoms with Crippen molar-refractivity contribution < 1.29 is 5.11 Å². The zero-order valence-electron chi connectivity index (χ0n) is 17.1. The molecule has 0 heterocycles. The third-order valence-electron chi connectivity index (χ3n) is 5.68. The number of hydrogen-bond donors (Lipinski definition) is 1. The molecular formula is C26H30O. The van der Waals surface area contributed by atoms with Crippen molar-refractivity contribution in [3.8, 4) is 5.75 Å². The van der Waals surface area contributed by atoms with Crippen LogP contribution in [-0.4, -0.2) is 5.11 Å². The Kier molecular flexibility index (Phi) is 5.15. The van der Waals surface area contributed by atoms with E-state index in [0.717, 1.165) is 17.5 Å². The van der Waals surface area contributed by atoms with Crippen LogP contribution in [0.2, 0.25) is 0 Å². The third kappa shape index (κ3) is 3.51. The van der Waals surface area contributed by atoms with Gasteiger partial charge in [-0.05, 0) is 41.0 Å². The predicted molar refractivity (Wildman–Crippen MR) is 115 cm³/mol. The van der Waals surface area contributed by atoms with Crippen LogP contribution in [0.15, 0.2) is 72.8 Å². The first-order valence-electron chi connectivity index (χ1n) is 9.76. The Morgan fingerprint density at radius 2 is 1.19 bits per heavy atom. The molecule has 0 aliphatic rings. The van der Waals surface area contributed by atoms with Crippen molar-refractivity contribution in [2.75, 3.05) is 0 Å². The highest BCUT2D eigenvalue weighted by molar-refractivity contribution is 5.58. The molecule has 0 radical (unpaired) electrons. The van der Waals surface area contributed by atoms with E-state index in [-0.39, 0.29) is 5.41 Å². The largest absolute Gasteiger partial charge is 0.507 e. The van der Waals surface area contributed by atoms with Crippen LogP contribution < -0.4 is 0 Å². The lowest BCUT2D eigenvalue weighted by atomic mass is 9.69. The number of phenols is 1. The molecule has 27 heavy (non-hydrogen) atoms. The topological polar surface area (TPSA) is 20.2 Å². The quantitative estimate of drug-likeness (QED) is 0.520. The summed E-state index contributed by atoms with van der Waals surface area (Å²) < 4.78 is 0. The molecule has 0 amide bonds. The SMILES string of the molecule is CCc1cc(C(C)(C)C)cc(C(C)(c2ccccc2)c2ccccc2)c1O. The normalized spacial score (nSPS) is 12.2. The van der Waals surface area contributed by atoms with Gasteiger partial charge < -0.3 is 5.11 Å². The highest BCUT2D eigenvalue weighted by Gasteiger charge is 2.35. The molecular weight excluding hydrogens is 328 g/mol. The van der Waals surface area contributed by atoms with Gasteiger partial charge in [0.1, 0.15) is 5.75 Å². The Labute approximate surface area is 163 Å². The highest BCUT2D eigenvalue weighted by Crippen LogP contribution is 2.45. The first-order valence-corrected chi connectivity index (χ1v) is 9.76. The fourth-order valence-corrected chi connectivity index (χ4v) is 3.80. The summed E-state index contributed by atoms with van der Waals surface area (Å²) in [5.74, 6) is 0.417. The molecule has 3 aromatic carbocycles. The summed E-state index contributed by atoms with van der Waals surface area (Å²) >= 11 is 0. The van der Waals surface area contributed by atoms with Crippen LogP contribution in [0, 0.1) is 0 Å². The van der Waals surface area contributed by atoms with E-state index in [0.29, 0.717) is 5.75 Å². The lowest BCUT2D eigenvalue weighted by Crippen LogP contribution is -2.27. The molecule has 1 N–H and O–H groups in total. The average molecular weight is 359 g/mol. The van der Waals surface area contributed by atoms with E-state index in [1.807, 2.05) is 12.1 Å². The smallest absolute Gasteiger partial charge is 0.123 e. The number of phenolic OH excluding ortho intramolecular Hbond substituents is 1. The highest BCUT2D eigenvalue weighted by atomic mass is 16.3. The van der Waals surface area contributed by atoms with Crippen molar-refractivity contribution in [2.45, 2.75) is 51.9 Å². The minimum atomic E-state index is -0.433. The van der Waals surface area contributed by atoms with E-state index in [2.05, 4.69) is 95.3 Å². The van der Waals surface area contributed by atoms with Crippen LogP contribution in [-0.2, 0) is 17.3 Å². The first kappa shape index (κ1) is 19.2. The Bertz CT molecular complexity index is 863. The molecule has 0 spiro atoms. The molecule has 140 valence electrons. The van der Waals surface area contributed by atoms with E-state index in [1.54, 1.807) is 0 Å². The molecule has 0 bridgehead atoms. The molecule has 0 saturated heterocycles. The molecule has 0 atom stereocenters.